The van der Waals surface area contributed by atoms with Gasteiger partial charge in [0.25, 0.3) is 0 Å². The Morgan fingerprint density at radius 1 is 0.913 bits per heavy atom. The number of hydrogen-bond acceptors (Lipinski definition) is 1. The van der Waals surface area contributed by atoms with E-state index >= 15 is 0 Å². The Kier molecular flexibility index (Phi) is 7.44. The molecule has 23 heavy (non-hydrogen) atoms. The van der Waals surface area contributed by atoms with E-state index in [2.05, 4.69) is 31.9 Å². The lowest BCUT2D eigenvalue weighted by atomic mass is 9.99. The molecule has 0 aliphatic heterocycles. The summed E-state index contributed by atoms with van der Waals surface area (Å²) in [6, 6.07) is 11.9. The highest BCUT2D eigenvalue weighted by Gasteiger charge is 2.12. The summed E-state index contributed by atoms with van der Waals surface area (Å²) in [6.45, 7) is 0. The molecule has 0 N–H and O–H groups in total. The summed E-state index contributed by atoms with van der Waals surface area (Å²) in [7, 11) is 0. The SMILES string of the molecule is O=C(c1ccc(Br)cc1)c1ccc(CCCCCCBr)c(F)c1. The van der Waals surface area contributed by atoms with Crippen LogP contribution in [-0.2, 0) is 6.42 Å². The zero-order chi connectivity index (χ0) is 16.7. The lowest BCUT2D eigenvalue weighted by Gasteiger charge is -2.06. The Bertz CT molecular complexity index is 653. The topological polar surface area (TPSA) is 17.1 Å². The Morgan fingerprint density at radius 2 is 1.57 bits per heavy atom. The molecule has 0 spiro atoms. The molecule has 0 bridgehead atoms. The van der Waals surface area contributed by atoms with E-state index < -0.39 is 0 Å². The monoisotopic (exact) mass is 440 g/mol. The molecule has 0 aliphatic rings. The molecule has 0 heterocycles. The summed E-state index contributed by atoms with van der Waals surface area (Å²) in [5.41, 5.74) is 1.65. The van der Waals surface area contributed by atoms with Crippen LogP contribution < -0.4 is 0 Å². The van der Waals surface area contributed by atoms with Gasteiger partial charge < -0.3 is 0 Å². The van der Waals surface area contributed by atoms with Gasteiger partial charge in [0.1, 0.15) is 5.82 Å². The molecule has 0 saturated heterocycles. The second-order valence-corrected chi connectivity index (χ2v) is 7.20. The summed E-state index contributed by atoms with van der Waals surface area (Å²) < 4.78 is 15.1. The van der Waals surface area contributed by atoms with Crippen LogP contribution in [0, 0.1) is 5.82 Å². The van der Waals surface area contributed by atoms with Crippen molar-refractivity contribution in [2.45, 2.75) is 32.1 Å². The fraction of sp³-hybridized carbons (Fsp3) is 0.316. The first-order valence-electron chi connectivity index (χ1n) is 7.76. The van der Waals surface area contributed by atoms with Crippen molar-refractivity contribution in [3.8, 4) is 0 Å². The van der Waals surface area contributed by atoms with Gasteiger partial charge in [-0.15, -0.1) is 0 Å². The molecule has 2 aromatic carbocycles. The summed E-state index contributed by atoms with van der Waals surface area (Å²) in [6.07, 6.45) is 5.12. The van der Waals surface area contributed by atoms with Gasteiger partial charge in [0.05, 0.1) is 0 Å². The molecule has 1 nitrogen and oxygen atoms in total. The molecule has 0 aliphatic carbocycles. The molecule has 0 radical (unpaired) electrons. The molecular formula is C19H19Br2FO. The molecule has 0 fully saturated rings. The number of unbranched alkanes of at least 4 members (excludes halogenated alkanes) is 3. The van der Waals surface area contributed by atoms with Crippen molar-refractivity contribution in [2.24, 2.45) is 0 Å². The maximum Gasteiger partial charge on any atom is 0.193 e. The van der Waals surface area contributed by atoms with Gasteiger partial charge in [-0.25, -0.2) is 4.39 Å². The molecule has 2 aromatic rings. The number of aryl methyl sites for hydroxylation is 1. The van der Waals surface area contributed by atoms with Gasteiger partial charge in [0.2, 0.25) is 0 Å². The standard InChI is InChI=1S/C19H19Br2FO/c20-12-4-2-1-3-5-14-6-7-16(13-18(14)22)19(23)15-8-10-17(21)11-9-15/h6-11,13H,1-5,12H2. The van der Waals surface area contributed by atoms with Crippen LogP contribution in [0.15, 0.2) is 46.9 Å². The molecule has 0 atom stereocenters. The normalized spacial score (nSPS) is 10.7. The number of hydrogen-bond donors (Lipinski definition) is 0. The van der Waals surface area contributed by atoms with Gasteiger partial charge in [-0.2, -0.15) is 0 Å². The van der Waals surface area contributed by atoms with E-state index in [0.29, 0.717) is 16.7 Å². The van der Waals surface area contributed by atoms with Crippen molar-refractivity contribution >= 4 is 37.6 Å². The van der Waals surface area contributed by atoms with E-state index in [4.69, 9.17) is 0 Å². The lowest BCUT2D eigenvalue weighted by Crippen LogP contribution is -2.03. The minimum Gasteiger partial charge on any atom is -0.289 e. The maximum atomic E-state index is 14.2. The summed E-state index contributed by atoms with van der Waals surface area (Å²) in [5, 5.41) is 1.02. The predicted molar refractivity (Wildman–Crippen MR) is 99.9 cm³/mol. The fourth-order valence-electron chi connectivity index (χ4n) is 2.42. The molecule has 0 saturated carbocycles. The molecule has 0 aromatic heterocycles. The van der Waals surface area contributed by atoms with Gasteiger partial charge in [-0.1, -0.05) is 56.8 Å². The Hall–Kier alpha value is -1.000. The van der Waals surface area contributed by atoms with Gasteiger partial charge >= 0.3 is 0 Å². The third-order valence-corrected chi connectivity index (χ3v) is 4.84. The number of halogens is 3. The van der Waals surface area contributed by atoms with Crippen molar-refractivity contribution in [1.82, 2.24) is 0 Å². The maximum absolute atomic E-state index is 14.2. The van der Waals surface area contributed by atoms with Crippen LogP contribution in [0.1, 0.15) is 47.2 Å². The third kappa shape index (κ3) is 5.54. The van der Waals surface area contributed by atoms with Crippen LogP contribution in [0.5, 0.6) is 0 Å². The largest absolute Gasteiger partial charge is 0.289 e. The lowest BCUT2D eigenvalue weighted by molar-refractivity contribution is 0.103. The Labute approximate surface area is 153 Å². The number of benzene rings is 2. The first kappa shape index (κ1) is 18.3. The first-order chi connectivity index (χ1) is 11.1. The summed E-state index contributed by atoms with van der Waals surface area (Å²) in [5.74, 6) is -0.436. The van der Waals surface area contributed by atoms with E-state index in [1.54, 1.807) is 24.3 Å². The number of ketones is 1. The van der Waals surface area contributed by atoms with Crippen LogP contribution in [0.25, 0.3) is 0 Å². The molecule has 122 valence electrons. The zero-order valence-corrected chi connectivity index (χ0v) is 16.0. The predicted octanol–water partition coefficient (Wildman–Crippen LogP) is 6.32. The average molecular weight is 442 g/mol. The molecule has 0 unspecified atom stereocenters. The Morgan fingerprint density at radius 3 is 2.22 bits per heavy atom. The van der Waals surface area contributed by atoms with Crippen molar-refractivity contribution in [3.63, 3.8) is 0 Å². The van der Waals surface area contributed by atoms with E-state index in [0.717, 1.165) is 41.9 Å². The van der Waals surface area contributed by atoms with Gasteiger partial charge in [-0.05, 0) is 55.2 Å². The average Bonchev–Trinajstić information content (AvgIpc) is 2.56. The van der Waals surface area contributed by atoms with Gasteiger partial charge in [0, 0.05) is 20.9 Å². The van der Waals surface area contributed by atoms with Gasteiger partial charge in [-0.3, -0.25) is 4.79 Å². The Balaban J connectivity index is 2.00. The van der Waals surface area contributed by atoms with Crippen LogP contribution in [0.3, 0.4) is 0 Å². The first-order valence-corrected chi connectivity index (χ1v) is 9.68. The van der Waals surface area contributed by atoms with Crippen LogP contribution in [-0.4, -0.2) is 11.1 Å². The fourth-order valence-corrected chi connectivity index (χ4v) is 3.08. The number of carbonyl (C=O) groups excluding carboxylic acids is 1. The van der Waals surface area contributed by atoms with E-state index in [9.17, 15) is 9.18 Å². The molecule has 2 rings (SSSR count). The van der Waals surface area contributed by atoms with Crippen molar-refractivity contribution in [3.05, 3.63) is 69.4 Å². The molecule has 4 heteroatoms. The van der Waals surface area contributed by atoms with Crippen molar-refractivity contribution < 1.29 is 9.18 Å². The van der Waals surface area contributed by atoms with Gasteiger partial charge in [0.15, 0.2) is 5.78 Å². The second kappa shape index (κ2) is 9.33. The minimum atomic E-state index is -0.284. The number of rotatable bonds is 8. The van der Waals surface area contributed by atoms with Crippen LogP contribution in [0.4, 0.5) is 4.39 Å². The quantitative estimate of drug-likeness (QED) is 0.266. The summed E-state index contributed by atoms with van der Waals surface area (Å²) in [4.78, 5) is 12.4. The highest BCUT2D eigenvalue weighted by Crippen LogP contribution is 2.18. The number of carbonyl (C=O) groups is 1. The smallest absolute Gasteiger partial charge is 0.193 e. The molecule has 0 amide bonds. The van der Waals surface area contributed by atoms with Crippen LogP contribution in [0.2, 0.25) is 0 Å². The number of alkyl halides is 1. The van der Waals surface area contributed by atoms with Crippen molar-refractivity contribution in [2.75, 3.05) is 5.33 Å². The van der Waals surface area contributed by atoms with Crippen molar-refractivity contribution in [1.29, 1.82) is 0 Å². The zero-order valence-electron chi connectivity index (χ0n) is 12.8. The highest BCUT2D eigenvalue weighted by atomic mass is 79.9. The highest BCUT2D eigenvalue weighted by molar-refractivity contribution is 9.10. The summed E-state index contributed by atoms with van der Waals surface area (Å²) >= 11 is 6.75. The molecular weight excluding hydrogens is 423 g/mol. The van der Waals surface area contributed by atoms with E-state index in [1.807, 2.05) is 12.1 Å². The van der Waals surface area contributed by atoms with E-state index in [1.165, 1.54) is 6.07 Å². The minimum absolute atomic E-state index is 0.153. The van der Waals surface area contributed by atoms with E-state index in [-0.39, 0.29) is 11.6 Å². The third-order valence-electron chi connectivity index (χ3n) is 3.75. The second-order valence-electron chi connectivity index (χ2n) is 5.50. The van der Waals surface area contributed by atoms with Crippen LogP contribution >= 0.6 is 31.9 Å².